The van der Waals surface area contributed by atoms with Gasteiger partial charge in [-0.1, -0.05) is 43.9 Å². The van der Waals surface area contributed by atoms with Crippen LogP contribution in [0.3, 0.4) is 0 Å². The van der Waals surface area contributed by atoms with E-state index in [-0.39, 0.29) is 5.82 Å². The molecule has 0 radical (unpaired) electrons. The monoisotopic (exact) mass is 388 g/mol. The first-order chi connectivity index (χ1) is 13.2. The summed E-state index contributed by atoms with van der Waals surface area (Å²) in [4.78, 5) is 6.19. The molecule has 1 aliphatic carbocycles. The van der Waals surface area contributed by atoms with Gasteiger partial charge in [-0.3, -0.25) is 0 Å². The Bertz CT molecular complexity index is 696. The third-order valence-electron chi connectivity index (χ3n) is 5.19. The maximum Gasteiger partial charge on any atom is 0.169 e. The average molecular weight is 389 g/mol. The molecule has 2 aromatic rings. The number of hydrogen-bond acceptors (Lipinski definition) is 2. The van der Waals surface area contributed by atoms with E-state index in [9.17, 15) is 4.39 Å². The van der Waals surface area contributed by atoms with Crippen molar-refractivity contribution in [1.82, 2.24) is 19.8 Å². The maximum absolute atomic E-state index is 14.2. The highest BCUT2D eigenvalue weighted by Crippen LogP contribution is 2.18. The lowest BCUT2D eigenvalue weighted by molar-refractivity contribution is 0.368. The van der Waals surface area contributed by atoms with Crippen LogP contribution in [-0.2, 0) is 13.1 Å². The molecule has 0 amide bonds. The van der Waals surface area contributed by atoms with Gasteiger partial charge in [-0.05, 0) is 37.5 Å². The number of halogens is 1. The van der Waals surface area contributed by atoms with Crippen LogP contribution in [0.25, 0.3) is 0 Å². The standard InChI is InChI=1S/C21H29FN4S/c22-20-11-6-5-8-18(20)16-26(14-7-13-25-15-12-23-17-25)21(27)24-19-9-3-1-2-4-10-19/h5-6,8,11-12,15,17,19H,1-4,7,9-10,13-14,16H2,(H,24,27). The summed E-state index contributed by atoms with van der Waals surface area (Å²) in [6.07, 6.45) is 14.0. The fraction of sp³-hybridized carbons (Fsp3) is 0.524. The van der Waals surface area contributed by atoms with Gasteiger partial charge in [-0.25, -0.2) is 9.37 Å². The molecular formula is C21H29FN4S. The summed E-state index contributed by atoms with van der Waals surface area (Å²) in [6.45, 7) is 2.15. The quantitative estimate of drug-likeness (QED) is 0.559. The minimum Gasteiger partial charge on any atom is -0.360 e. The van der Waals surface area contributed by atoms with Gasteiger partial charge >= 0.3 is 0 Å². The lowest BCUT2D eigenvalue weighted by Gasteiger charge is -2.29. The summed E-state index contributed by atoms with van der Waals surface area (Å²) in [6, 6.07) is 7.40. The molecule has 1 aromatic carbocycles. The SMILES string of the molecule is Fc1ccccc1CN(CCCn1ccnc1)C(=S)NC1CCCCCC1. The highest BCUT2D eigenvalue weighted by atomic mass is 32.1. The van der Waals surface area contributed by atoms with Crippen molar-refractivity contribution in [2.75, 3.05) is 6.54 Å². The van der Waals surface area contributed by atoms with Crippen LogP contribution in [-0.4, -0.2) is 32.2 Å². The molecule has 1 N–H and O–H groups in total. The number of imidazole rings is 1. The van der Waals surface area contributed by atoms with Crippen molar-refractivity contribution in [2.24, 2.45) is 0 Å². The Labute approximate surface area is 166 Å². The van der Waals surface area contributed by atoms with E-state index < -0.39 is 0 Å². The Morgan fingerprint density at radius 3 is 2.70 bits per heavy atom. The molecule has 27 heavy (non-hydrogen) atoms. The second kappa shape index (κ2) is 10.4. The molecule has 0 atom stereocenters. The summed E-state index contributed by atoms with van der Waals surface area (Å²) < 4.78 is 16.2. The fourth-order valence-electron chi connectivity index (χ4n) is 3.64. The van der Waals surface area contributed by atoms with Crippen LogP contribution < -0.4 is 5.32 Å². The van der Waals surface area contributed by atoms with E-state index in [4.69, 9.17) is 12.2 Å². The Balaban J connectivity index is 1.61. The first-order valence-electron chi connectivity index (χ1n) is 9.97. The van der Waals surface area contributed by atoms with Gasteiger partial charge in [0.1, 0.15) is 5.82 Å². The van der Waals surface area contributed by atoms with Gasteiger partial charge in [0, 0.05) is 43.6 Å². The van der Waals surface area contributed by atoms with Crippen LogP contribution >= 0.6 is 12.2 Å². The molecule has 1 saturated carbocycles. The van der Waals surface area contributed by atoms with Crippen LogP contribution in [0.4, 0.5) is 4.39 Å². The number of thiocarbonyl (C=S) groups is 1. The molecule has 146 valence electrons. The van der Waals surface area contributed by atoms with E-state index in [0.717, 1.165) is 24.6 Å². The normalized spacial score (nSPS) is 15.3. The highest BCUT2D eigenvalue weighted by Gasteiger charge is 2.17. The van der Waals surface area contributed by atoms with Crippen LogP contribution in [0.5, 0.6) is 0 Å². The molecule has 1 fully saturated rings. The van der Waals surface area contributed by atoms with Crippen molar-refractivity contribution in [3.8, 4) is 0 Å². The Kier molecular flexibility index (Phi) is 7.63. The lowest BCUT2D eigenvalue weighted by atomic mass is 10.1. The Morgan fingerprint density at radius 2 is 2.00 bits per heavy atom. The van der Waals surface area contributed by atoms with Gasteiger partial charge in [0.05, 0.1) is 6.33 Å². The molecular weight excluding hydrogens is 359 g/mol. The minimum atomic E-state index is -0.172. The van der Waals surface area contributed by atoms with E-state index >= 15 is 0 Å². The number of benzene rings is 1. The van der Waals surface area contributed by atoms with Crippen molar-refractivity contribution >= 4 is 17.3 Å². The third kappa shape index (κ3) is 6.31. The molecule has 0 bridgehead atoms. The van der Waals surface area contributed by atoms with Crippen LogP contribution in [0.2, 0.25) is 0 Å². The van der Waals surface area contributed by atoms with E-state index in [1.165, 1.54) is 44.6 Å². The second-order valence-corrected chi connectivity index (χ2v) is 7.69. The number of nitrogens with zero attached hydrogens (tertiary/aromatic N) is 3. The van der Waals surface area contributed by atoms with Gasteiger partial charge < -0.3 is 14.8 Å². The fourth-order valence-corrected chi connectivity index (χ4v) is 3.96. The van der Waals surface area contributed by atoms with Crippen molar-refractivity contribution in [2.45, 2.75) is 64.1 Å². The van der Waals surface area contributed by atoms with E-state index in [1.54, 1.807) is 12.3 Å². The first-order valence-corrected chi connectivity index (χ1v) is 10.4. The summed E-state index contributed by atoms with van der Waals surface area (Å²) in [5, 5.41) is 4.30. The van der Waals surface area contributed by atoms with Crippen molar-refractivity contribution in [3.05, 3.63) is 54.4 Å². The molecule has 6 heteroatoms. The van der Waals surface area contributed by atoms with E-state index in [2.05, 4.69) is 19.8 Å². The molecule has 4 nitrogen and oxygen atoms in total. The van der Waals surface area contributed by atoms with Crippen molar-refractivity contribution < 1.29 is 4.39 Å². The molecule has 0 aliphatic heterocycles. The van der Waals surface area contributed by atoms with Crippen molar-refractivity contribution in [1.29, 1.82) is 0 Å². The van der Waals surface area contributed by atoms with Gasteiger partial charge in [-0.2, -0.15) is 0 Å². The first kappa shape index (κ1) is 19.8. The summed E-state index contributed by atoms with van der Waals surface area (Å²) in [5.74, 6) is -0.172. The molecule has 1 aliphatic rings. The van der Waals surface area contributed by atoms with Gasteiger partial charge in [0.25, 0.3) is 0 Å². The zero-order valence-corrected chi connectivity index (χ0v) is 16.6. The molecule has 0 unspecified atom stereocenters. The zero-order chi connectivity index (χ0) is 18.9. The highest BCUT2D eigenvalue weighted by molar-refractivity contribution is 7.80. The summed E-state index contributed by atoms with van der Waals surface area (Å²) in [7, 11) is 0. The van der Waals surface area contributed by atoms with Gasteiger partial charge in [-0.15, -0.1) is 0 Å². The molecule has 1 aromatic heterocycles. The zero-order valence-electron chi connectivity index (χ0n) is 15.8. The summed E-state index contributed by atoms with van der Waals surface area (Å²) >= 11 is 5.73. The topological polar surface area (TPSA) is 33.1 Å². The predicted molar refractivity (Wildman–Crippen MR) is 111 cm³/mol. The number of aryl methyl sites for hydroxylation is 1. The third-order valence-corrected chi connectivity index (χ3v) is 5.57. The average Bonchev–Trinajstić information content (AvgIpc) is 3.05. The number of rotatable bonds is 7. The molecule has 0 spiro atoms. The van der Waals surface area contributed by atoms with Crippen molar-refractivity contribution in [3.63, 3.8) is 0 Å². The smallest absolute Gasteiger partial charge is 0.169 e. The number of aromatic nitrogens is 2. The van der Waals surface area contributed by atoms with Gasteiger partial charge in [0.2, 0.25) is 0 Å². The Morgan fingerprint density at radius 1 is 1.22 bits per heavy atom. The van der Waals surface area contributed by atoms with Crippen LogP contribution in [0.15, 0.2) is 43.0 Å². The maximum atomic E-state index is 14.2. The van der Waals surface area contributed by atoms with Crippen LogP contribution in [0.1, 0.15) is 50.5 Å². The lowest BCUT2D eigenvalue weighted by Crippen LogP contribution is -2.44. The van der Waals surface area contributed by atoms with E-state index in [0.29, 0.717) is 18.2 Å². The minimum absolute atomic E-state index is 0.172. The predicted octanol–water partition coefficient (Wildman–Crippen LogP) is 4.51. The molecule has 0 saturated heterocycles. The molecule has 3 rings (SSSR count). The number of hydrogen-bond donors (Lipinski definition) is 1. The molecule has 1 heterocycles. The Hall–Kier alpha value is -1.95. The largest absolute Gasteiger partial charge is 0.360 e. The van der Waals surface area contributed by atoms with Crippen LogP contribution in [0, 0.1) is 5.82 Å². The van der Waals surface area contributed by atoms with Gasteiger partial charge in [0.15, 0.2) is 5.11 Å². The van der Waals surface area contributed by atoms with E-state index in [1.807, 2.05) is 24.7 Å². The second-order valence-electron chi connectivity index (χ2n) is 7.31. The summed E-state index contributed by atoms with van der Waals surface area (Å²) in [5.41, 5.74) is 0.685. The number of nitrogens with one attached hydrogen (secondary N) is 1.